The second kappa shape index (κ2) is 7.86. The van der Waals surface area contributed by atoms with Gasteiger partial charge in [0, 0.05) is 12.1 Å². The number of nitrogens with one attached hydrogen (secondary N) is 1. The summed E-state index contributed by atoms with van der Waals surface area (Å²) >= 11 is 7.21. The van der Waals surface area contributed by atoms with E-state index in [-0.39, 0.29) is 12.4 Å². The van der Waals surface area contributed by atoms with Crippen LogP contribution < -0.4 is 5.32 Å². The molecule has 0 aliphatic rings. The number of esters is 1. The number of fused-ring (bicyclic) bond motifs is 1. The molecule has 26 heavy (non-hydrogen) atoms. The van der Waals surface area contributed by atoms with Crippen LogP contribution in [0.2, 0.25) is 5.02 Å². The highest BCUT2D eigenvalue weighted by atomic mass is 35.5. The molecule has 0 saturated carbocycles. The quantitative estimate of drug-likeness (QED) is 0.372. The fourth-order valence-electron chi connectivity index (χ4n) is 2.38. The largest absolute Gasteiger partial charge is 0.506 e. The minimum atomic E-state index is -0.431. The number of aromatic hydroxyl groups is 1. The predicted molar refractivity (Wildman–Crippen MR) is 101 cm³/mol. The summed E-state index contributed by atoms with van der Waals surface area (Å²) in [6.07, 6.45) is 1.39. The highest BCUT2D eigenvalue weighted by molar-refractivity contribution is 7.20. The summed E-state index contributed by atoms with van der Waals surface area (Å²) in [4.78, 5) is 21.8. The van der Waals surface area contributed by atoms with Gasteiger partial charge in [0.25, 0.3) is 0 Å². The number of thiophene rings is 1. The van der Waals surface area contributed by atoms with Gasteiger partial charge in [0.05, 0.1) is 17.7 Å². The molecule has 3 aromatic rings. The Kier molecular flexibility index (Phi) is 5.55. The highest BCUT2D eigenvalue weighted by Crippen LogP contribution is 2.36. The van der Waals surface area contributed by atoms with Crippen molar-refractivity contribution in [1.29, 1.82) is 0 Å². The maximum absolute atomic E-state index is 12.3. The average Bonchev–Trinajstić information content (AvgIpc) is 2.96. The summed E-state index contributed by atoms with van der Waals surface area (Å²) < 4.78 is 10.1. The van der Waals surface area contributed by atoms with Crippen LogP contribution in [0.15, 0.2) is 24.5 Å². The zero-order valence-corrected chi connectivity index (χ0v) is 15.6. The molecular weight excluding hydrogens is 378 g/mol. The van der Waals surface area contributed by atoms with E-state index >= 15 is 0 Å². The maximum atomic E-state index is 12.3. The number of benzene rings is 1. The molecule has 2 heterocycles. The third-order valence-corrected chi connectivity index (χ3v) is 5.06. The molecule has 3 rings (SSSR count). The molecule has 9 heteroatoms. The predicted octanol–water partition coefficient (Wildman–Crippen LogP) is 3.91. The molecule has 0 atom stereocenters. The zero-order valence-electron chi connectivity index (χ0n) is 14.1. The molecule has 0 radical (unpaired) electrons. The summed E-state index contributed by atoms with van der Waals surface area (Å²) in [7, 11) is 1.54. The first kappa shape index (κ1) is 18.4. The van der Waals surface area contributed by atoms with E-state index in [0.717, 1.165) is 0 Å². The fraction of sp³-hybridized carbons (Fsp3) is 0.235. The van der Waals surface area contributed by atoms with Crippen LogP contribution in [0.3, 0.4) is 0 Å². The number of methoxy groups -OCH3 is 1. The molecule has 0 fully saturated rings. The number of aromatic nitrogens is 2. The van der Waals surface area contributed by atoms with Crippen molar-refractivity contribution in [2.45, 2.75) is 6.92 Å². The third kappa shape index (κ3) is 3.72. The van der Waals surface area contributed by atoms with Gasteiger partial charge in [-0.05, 0) is 30.7 Å². The lowest BCUT2D eigenvalue weighted by molar-refractivity contribution is 0.0393. The van der Waals surface area contributed by atoms with E-state index in [0.29, 0.717) is 43.8 Å². The smallest absolute Gasteiger partial charge is 0.348 e. The topological polar surface area (TPSA) is 93.6 Å². The van der Waals surface area contributed by atoms with Crippen molar-refractivity contribution in [3.8, 4) is 5.75 Å². The van der Waals surface area contributed by atoms with Gasteiger partial charge in [-0.3, -0.25) is 0 Å². The molecule has 2 aromatic heterocycles. The van der Waals surface area contributed by atoms with Crippen molar-refractivity contribution < 1.29 is 19.4 Å². The molecule has 0 spiro atoms. The van der Waals surface area contributed by atoms with Gasteiger partial charge < -0.3 is 19.9 Å². The number of hydrogen-bond donors (Lipinski definition) is 2. The number of rotatable bonds is 6. The molecule has 0 aliphatic heterocycles. The standard InChI is InChI=1S/C17H16ClN3O4S/c1-9-13-15(21-11-7-10(18)3-4-12(11)22)19-8-20-16(13)26-14(9)17(23)25-6-5-24-2/h3-4,7-8,22H,5-6H2,1-2H3,(H,19,20,21). The lowest BCUT2D eigenvalue weighted by Crippen LogP contribution is -2.09. The second-order valence-corrected chi connectivity index (χ2v) is 6.81. The Balaban J connectivity index is 1.97. The van der Waals surface area contributed by atoms with Crippen molar-refractivity contribution in [1.82, 2.24) is 9.97 Å². The first-order chi connectivity index (χ1) is 12.5. The molecule has 7 nitrogen and oxygen atoms in total. The highest BCUT2D eigenvalue weighted by Gasteiger charge is 2.21. The summed E-state index contributed by atoms with van der Waals surface area (Å²) in [5.41, 5.74) is 1.12. The second-order valence-electron chi connectivity index (χ2n) is 5.37. The normalized spacial score (nSPS) is 10.9. The average molecular weight is 394 g/mol. The van der Waals surface area contributed by atoms with E-state index in [1.54, 1.807) is 19.1 Å². The van der Waals surface area contributed by atoms with Crippen molar-refractivity contribution in [2.75, 3.05) is 25.6 Å². The number of halogens is 1. The number of nitrogens with zero attached hydrogens (tertiary/aromatic N) is 2. The number of aryl methyl sites for hydroxylation is 1. The van der Waals surface area contributed by atoms with Gasteiger partial charge in [-0.2, -0.15) is 0 Å². The summed E-state index contributed by atoms with van der Waals surface area (Å²) in [6, 6.07) is 4.66. The van der Waals surface area contributed by atoms with E-state index < -0.39 is 5.97 Å². The van der Waals surface area contributed by atoms with Crippen LogP contribution in [0.5, 0.6) is 5.75 Å². The Bertz CT molecular complexity index is 961. The Hall–Kier alpha value is -2.42. The van der Waals surface area contributed by atoms with Gasteiger partial charge in [0.2, 0.25) is 0 Å². The Morgan fingerprint density at radius 3 is 2.92 bits per heavy atom. The van der Waals surface area contributed by atoms with E-state index in [9.17, 15) is 9.90 Å². The molecule has 0 unspecified atom stereocenters. The summed E-state index contributed by atoms with van der Waals surface area (Å²) in [6.45, 7) is 2.31. The van der Waals surface area contributed by atoms with Crippen LogP contribution in [0.1, 0.15) is 15.2 Å². The third-order valence-electron chi connectivity index (χ3n) is 3.64. The van der Waals surface area contributed by atoms with Crippen molar-refractivity contribution in [2.24, 2.45) is 0 Å². The van der Waals surface area contributed by atoms with Crippen LogP contribution in [-0.2, 0) is 9.47 Å². The monoisotopic (exact) mass is 393 g/mol. The van der Waals surface area contributed by atoms with Gasteiger partial charge in [-0.1, -0.05) is 11.6 Å². The van der Waals surface area contributed by atoms with Crippen LogP contribution >= 0.6 is 22.9 Å². The minimum absolute atomic E-state index is 0.0354. The van der Waals surface area contributed by atoms with Gasteiger partial charge in [-0.25, -0.2) is 14.8 Å². The number of phenols is 1. The molecule has 0 amide bonds. The zero-order chi connectivity index (χ0) is 18.7. The van der Waals surface area contributed by atoms with E-state index in [4.69, 9.17) is 21.1 Å². The Labute approximate surface area is 158 Å². The first-order valence-electron chi connectivity index (χ1n) is 7.67. The van der Waals surface area contributed by atoms with Crippen molar-refractivity contribution in [3.63, 3.8) is 0 Å². The molecule has 136 valence electrons. The van der Waals surface area contributed by atoms with Crippen molar-refractivity contribution in [3.05, 3.63) is 40.0 Å². The number of carbonyl (C=O) groups excluding carboxylic acids is 1. The molecular formula is C17H16ClN3O4S. The summed E-state index contributed by atoms with van der Waals surface area (Å²) in [5, 5.41) is 14.2. The van der Waals surface area contributed by atoms with Gasteiger partial charge in [-0.15, -0.1) is 11.3 Å². The van der Waals surface area contributed by atoms with Crippen molar-refractivity contribution >= 4 is 50.6 Å². The maximum Gasteiger partial charge on any atom is 0.348 e. The Morgan fingerprint density at radius 1 is 1.35 bits per heavy atom. The lowest BCUT2D eigenvalue weighted by Gasteiger charge is -2.09. The van der Waals surface area contributed by atoms with Crippen LogP contribution in [0, 0.1) is 6.92 Å². The molecule has 2 N–H and O–H groups in total. The van der Waals surface area contributed by atoms with Crippen LogP contribution in [-0.4, -0.2) is 41.4 Å². The van der Waals surface area contributed by atoms with E-state index in [2.05, 4.69) is 15.3 Å². The van der Waals surface area contributed by atoms with Gasteiger partial charge >= 0.3 is 5.97 Å². The number of carbonyl (C=O) groups is 1. The summed E-state index contributed by atoms with van der Waals surface area (Å²) in [5.74, 6) is 0.0737. The van der Waals surface area contributed by atoms with Gasteiger partial charge in [0.1, 0.15) is 34.2 Å². The Morgan fingerprint density at radius 2 is 2.15 bits per heavy atom. The molecule has 0 aliphatic carbocycles. The number of phenolic OH excluding ortho intramolecular Hbond substituents is 1. The minimum Gasteiger partial charge on any atom is -0.506 e. The first-order valence-corrected chi connectivity index (χ1v) is 8.86. The molecule has 0 bridgehead atoms. The SMILES string of the molecule is COCCOC(=O)c1sc2ncnc(Nc3cc(Cl)ccc3O)c2c1C. The number of hydrogen-bond acceptors (Lipinski definition) is 8. The van der Waals surface area contributed by atoms with Gasteiger partial charge in [0.15, 0.2) is 0 Å². The van der Waals surface area contributed by atoms with Crippen LogP contribution in [0.25, 0.3) is 10.2 Å². The molecule has 0 saturated heterocycles. The van der Waals surface area contributed by atoms with E-state index in [1.165, 1.54) is 30.8 Å². The van der Waals surface area contributed by atoms with E-state index in [1.807, 2.05) is 0 Å². The van der Waals surface area contributed by atoms with Crippen LogP contribution in [0.4, 0.5) is 11.5 Å². The molecule has 1 aromatic carbocycles. The number of ether oxygens (including phenoxy) is 2. The fourth-order valence-corrected chi connectivity index (χ4v) is 3.59. The number of anilines is 2. The lowest BCUT2D eigenvalue weighted by atomic mass is 10.2.